The minimum absolute atomic E-state index is 0.0270. The van der Waals surface area contributed by atoms with E-state index in [2.05, 4.69) is 50.3 Å². The summed E-state index contributed by atoms with van der Waals surface area (Å²) in [6.07, 6.45) is 86.8. The second kappa shape index (κ2) is 67.6. The number of quaternary nitrogens is 1. The summed E-state index contributed by atoms with van der Waals surface area (Å²) in [4.78, 5) is 38.1. The van der Waals surface area contributed by atoms with Crippen molar-refractivity contribution in [3.63, 3.8) is 0 Å². The van der Waals surface area contributed by atoms with Gasteiger partial charge in [-0.3, -0.25) is 14.2 Å². The Morgan fingerprint density at radius 2 is 0.628 bits per heavy atom. The first-order valence-corrected chi connectivity index (χ1v) is 39.2. The highest BCUT2D eigenvalue weighted by Gasteiger charge is 2.22. The molecule has 0 amide bonds. The van der Waals surface area contributed by atoms with Crippen LogP contribution in [0.25, 0.3) is 0 Å². The van der Waals surface area contributed by atoms with Gasteiger partial charge in [0.2, 0.25) is 0 Å². The average Bonchev–Trinajstić information content (AvgIpc) is 3.67. The van der Waals surface area contributed by atoms with Crippen LogP contribution in [0.1, 0.15) is 386 Å². The number of carbonyl (C=O) groups is 2. The molecule has 9 nitrogen and oxygen atoms in total. The van der Waals surface area contributed by atoms with Crippen LogP contribution < -0.4 is 4.89 Å². The van der Waals surface area contributed by atoms with Crippen molar-refractivity contribution in [3.8, 4) is 0 Å². The van der Waals surface area contributed by atoms with Crippen molar-refractivity contribution in [2.45, 2.75) is 392 Å². The molecule has 0 aliphatic rings. The van der Waals surface area contributed by atoms with Crippen molar-refractivity contribution in [1.82, 2.24) is 0 Å². The van der Waals surface area contributed by atoms with Gasteiger partial charge >= 0.3 is 11.9 Å². The van der Waals surface area contributed by atoms with E-state index in [1.165, 1.54) is 308 Å². The van der Waals surface area contributed by atoms with E-state index >= 15 is 0 Å². The summed E-state index contributed by atoms with van der Waals surface area (Å²) in [6.45, 7) is 4.31. The van der Waals surface area contributed by atoms with Gasteiger partial charge in [0.25, 0.3) is 7.82 Å². The topological polar surface area (TPSA) is 111 Å². The molecule has 508 valence electrons. The molecule has 0 aromatic heterocycles. The number of nitrogens with zero attached hydrogens (tertiary/aromatic N) is 1. The van der Waals surface area contributed by atoms with E-state index in [1.807, 2.05) is 21.1 Å². The molecule has 0 N–H and O–H groups in total. The third kappa shape index (κ3) is 71.3. The van der Waals surface area contributed by atoms with Gasteiger partial charge in [0.1, 0.15) is 19.8 Å². The molecule has 0 aromatic rings. The SMILES string of the molecule is CCCCCCC/C=C\C/C=C\C/C=C\CCCCCCCCCCCCCCCCCCCCCCCCC(=O)OC(COC(=O)CCCCCCCCCCCCCCCCCCCCCCCCCCC)COP(=O)([O-])OCC[N+](C)(C)C. The zero-order valence-electron chi connectivity index (χ0n) is 58.0. The smallest absolute Gasteiger partial charge is 0.306 e. The largest absolute Gasteiger partial charge is 0.756 e. The Hall–Kier alpha value is -1.77. The third-order valence-corrected chi connectivity index (χ3v) is 18.1. The minimum Gasteiger partial charge on any atom is -0.756 e. The maximum atomic E-state index is 12.9. The highest BCUT2D eigenvalue weighted by molar-refractivity contribution is 7.45. The van der Waals surface area contributed by atoms with Gasteiger partial charge < -0.3 is 27.9 Å². The summed E-state index contributed by atoms with van der Waals surface area (Å²) in [5.74, 6) is -0.808. The fraction of sp³-hybridized carbons (Fsp3) is 0.895. The number of esters is 2. The zero-order valence-corrected chi connectivity index (χ0v) is 58.9. The van der Waals surface area contributed by atoms with Gasteiger partial charge in [-0.25, -0.2) is 0 Å². The molecule has 0 radical (unpaired) electrons. The van der Waals surface area contributed by atoms with Crippen LogP contribution in [0.15, 0.2) is 36.5 Å². The number of rotatable bonds is 71. The van der Waals surface area contributed by atoms with Gasteiger partial charge in [0.15, 0.2) is 6.10 Å². The predicted octanol–water partition coefficient (Wildman–Crippen LogP) is 24.0. The van der Waals surface area contributed by atoms with Gasteiger partial charge in [0.05, 0.1) is 27.7 Å². The van der Waals surface area contributed by atoms with Gasteiger partial charge in [0, 0.05) is 12.8 Å². The summed E-state index contributed by atoms with van der Waals surface area (Å²) >= 11 is 0. The van der Waals surface area contributed by atoms with Crippen molar-refractivity contribution in [2.24, 2.45) is 0 Å². The molecule has 0 aliphatic carbocycles. The third-order valence-electron chi connectivity index (χ3n) is 17.2. The summed E-state index contributed by atoms with van der Waals surface area (Å²) in [5.41, 5.74) is 0. The van der Waals surface area contributed by atoms with Crippen LogP contribution in [-0.2, 0) is 32.7 Å². The van der Waals surface area contributed by atoms with E-state index in [9.17, 15) is 19.0 Å². The standard InChI is InChI=1S/C76H146NO8P/c1-6-8-10-12-14-16-18-20-22-24-26-28-30-32-33-34-35-36-37-38-39-40-41-42-43-45-47-49-51-53-55-57-59-61-63-65-67-69-76(79)85-74(73-84-86(80,81)83-71-70-77(3,4)5)72-82-75(78)68-66-64-62-60-58-56-54-52-50-48-46-44-31-29-27-25-23-21-19-17-15-13-11-9-7-2/h18,20,24,26,30,32,74H,6-17,19,21-23,25,27-29,31,33-73H2,1-5H3/b20-18-,26-24-,32-30-. The lowest BCUT2D eigenvalue weighted by Gasteiger charge is -2.28. The molecule has 0 fully saturated rings. The lowest BCUT2D eigenvalue weighted by molar-refractivity contribution is -0.870. The molecule has 10 heteroatoms. The molecule has 2 atom stereocenters. The number of hydrogen-bond acceptors (Lipinski definition) is 8. The van der Waals surface area contributed by atoms with Crippen LogP contribution in [-0.4, -0.2) is 70.0 Å². The van der Waals surface area contributed by atoms with Gasteiger partial charge in [-0.2, -0.15) is 0 Å². The summed E-state index contributed by atoms with van der Waals surface area (Å²) in [6, 6.07) is 0. The minimum atomic E-state index is -4.64. The fourth-order valence-electron chi connectivity index (χ4n) is 11.4. The quantitative estimate of drug-likeness (QED) is 0.0195. The maximum absolute atomic E-state index is 12.9. The zero-order chi connectivity index (χ0) is 62.6. The molecule has 0 rings (SSSR count). The molecule has 0 aliphatic heterocycles. The molecule has 86 heavy (non-hydrogen) atoms. The second-order valence-corrected chi connectivity index (χ2v) is 28.4. The first kappa shape index (κ1) is 84.2. The van der Waals surface area contributed by atoms with E-state index in [-0.39, 0.29) is 32.0 Å². The maximum Gasteiger partial charge on any atom is 0.306 e. The first-order chi connectivity index (χ1) is 42.0. The van der Waals surface area contributed by atoms with Crippen LogP contribution >= 0.6 is 7.82 Å². The Labute approximate surface area is 535 Å². The van der Waals surface area contributed by atoms with Gasteiger partial charge in [-0.1, -0.05) is 359 Å². The Balaban J connectivity index is 3.93. The summed E-state index contributed by atoms with van der Waals surface area (Å²) < 4.78 is 34.4. The highest BCUT2D eigenvalue weighted by atomic mass is 31.2. The number of allylic oxidation sites excluding steroid dienone is 6. The Bertz CT molecular complexity index is 1540. The molecule has 0 saturated heterocycles. The van der Waals surface area contributed by atoms with E-state index in [0.29, 0.717) is 17.4 Å². The Morgan fingerprint density at radius 3 is 0.930 bits per heavy atom. The van der Waals surface area contributed by atoms with E-state index in [1.54, 1.807) is 0 Å². The molecular formula is C76H146NO8P. The molecule has 0 saturated carbocycles. The molecule has 0 aromatic carbocycles. The monoisotopic (exact) mass is 1230 g/mol. The number of unbranched alkanes of at least 4 members (excludes halogenated alkanes) is 51. The Morgan fingerprint density at radius 1 is 0.360 bits per heavy atom. The number of ether oxygens (including phenoxy) is 2. The van der Waals surface area contributed by atoms with Crippen molar-refractivity contribution in [1.29, 1.82) is 0 Å². The van der Waals surface area contributed by atoms with Gasteiger partial charge in [-0.05, 0) is 51.4 Å². The molecule has 2 unspecified atom stereocenters. The normalized spacial score (nSPS) is 13.2. The highest BCUT2D eigenvalue weighted by Crippen LogP contribution is 2.38. The predicted molar refractivity (Wildman–Crippen MR) is 370 cm³/mol. The number of hydrogen-bond donors (Lipinski definition) is 0. The van der Waals surface area contributed by atoms with Crippen molar-refractivity contribution >= 4 is 19.8 Å². The van der Waals surface area contributed by atoms with Crippen LogP contribution in [0.5, 0.6) is 0 Å². The van der Waals surface area contributed by atoms with Crippen LogP contribution in [0.2, 0.25) is 0 Å². The number of phosphoric ester groups is 1. The Kier molecular flexibility index (Phi) is 66.2. The van der Waals surface area contributed by atoms with Crippen LogP contribution in [0, 0.1) is 0 Å². The van der Waals surface area contributed by atoms with E-state index in [0.717, 1.165) is 44.9 Å². The first-order valence-electron chi connectivity index (χ1n) is 37.7. The van der Waals surface area contributed by atoms with Crippen molar-refractivity contribution in [2.75, 3.05) is 47.5 Å². The summed E-state index contributed by atoms with van der Waals surface area (Å²) in [5, 5.41) is 0. The lowest BCUT2D eigenvalue weighted by atomic mass is 10.0. The number of phosphoric acid groups is 1. The van der Waals surface area contributed by atoms with Crippen molar-refractivity contribution in [3.05, 3.63) is 36.5 Å². The van der Waals surface area contributed by atoms with Gasteiger partial charge in [-0.15, -0.1) is 0 Å². The fourth-order valence-corrected chi connectivity index (χ4v) is 12.1. The number of carbonyl (C=O) groups excluding carboxylic acids is 2. The molecule has 0 spiro atoms. The summed E-state index contributed by atoms with van der Waals surface area (Å²) in [7, 11) is 1.19. The molecule has 0 bridgehead atoms. The average molecular weight is 1230 g/mol. The molecule has 0 heterocycles. The molecular weight excluding hydrogens is 1090 g/mol. The second-order valence-electron chi connectivity index (χ2n) is 27.0. The van der Waals surface area contributed by atoms with Crippen molar-refractivity contribution < 1.29 is 42.1 Å². The van der Waals surface area contributed by atoms with E-state index < -0.39 is 26.5 Å². The van der Waals surface area contributed by atoms with Crippen LogP contribution in [0.3, 0.4) is 0 Å². The lowest BCUT2D eigenvalue weighted by Crippen LogP contribution is -2.37. The van der Waals surface area contributed by atoms with E-state index in [4.69, 9.17) is 18.5 Å². The number of likely N-dealkylation sites (N-methyl/N-ethyl adjacent to an activating group) is 1. The van der Waals surface area contributed by atoms with Crippen LogP contribution in [0.4, 0.5) is 0 Å².